The van der Waals surface area contributed by atoms with Crippen molar-refractivity contribution in [3.63, 3.8) is 0 Å². The molecule has 0 unspecified atom stereocenters. The third kappa shape index (κ3) is 2.66. The van der Waals surface area contributed by atoms with Crippen LogP contribution in [-0.4, -0.2) is 18.5 Å². The molecular weight excluding hydrogens is 196 g/mol. The molecule has 2 heteroatoms. The molecule has 0 N–H and O–H groups in total. The minimum atomic E-state index is 0.345. The summed E-state index contributed by atoms with van der Waals surface area (Å²) in [4.78, 5) is 2.25. The molecule has 16 heavy (non-hydrogen) atoms. The first-order valence-electron chi connectivity index (χ1n) is 5.94. The predicted octanol–water partition coefficient (Wildman–Crippen LogP) is 3.48. The fraction of sp³-hybridized carbons (Fsp3) is 0.643. The summed E-state index contributed by atoms with van der Waals surface area (Å²) < 4.78 is 0. The van der Waals surface area contributed by atoms with Crippen molar-refractivity contribution in [1.82, 2.24) is 4.90 Å². The summed E-state index contributed by atoms with van der Waals surface area (Å²) in [6.45, 7) is 11.6. The molecule has 0 atom stereocenters. The van der Waals surface area contributed by atoms with E-state index in [0.717, 1.165) is 25.8 Å². The Bertz CT molecular complexity index is 355. The third-order valence-corrected chi connectivity index (χ3v) is 3.48. The lowest BCUT2D eigenvalue weighted by atomic mass is 9.75. The molecule has 88 valence electrons. The van der Waals surface area contributed by atoms with E-state index >= 15 is 0 Å². The minimum Gasteiger partial charge on any atom is -0.378 e. The molecular formula is C14H22N2. The van der Waals surface area contributed by atoms with E-state index in [9.17, 15) is 0 Å². The van der Waals surface area contributed by atoms with Crippen LogP contribution in [0.3, 0.4) is 0 Å². The second-order valence-corrected chi connectivity index (χ2v) is 5.37. The number of rotatable bonds is 3. The van der Waals surface area contributed by atoms with Crippen molar-refractivity contribution in [3.05, 3.63) is 23.4 Å². The molecule has 0 amide bonds. The van der Waals surface area contributed by atoms with Crippen LogP contribution in [0.4, 0.5) is 0 Å². The zero-order valence-corrected chi connectivity index (χ0v) is 10.9. The van der Waals surface area contributed by atoms with E-state index in [0.29, 0.717) is 11.0 Å². The highest BCUT2D eigenvalue weighted by Crippen LogP contribution is 2.41. The maximum absolute atomic E-state index is 8.99. The average Bonchev–Trinajstić information content (AvgIpc) is 2.25. The van der Waals surface area contributed by atoms with Crippen LogP contribution in [0.25, 0.3) is 0 Å². The molecule has 0 spiro atoms. The fourth-order valence-corrected chi connectivity index (χ4v) is 2.20. The van der Waals surface area contributed by atoms with Crippen LogP contribution in [0.1, 0.15) is 40.0 Å². The molecule has 0 radical (unpaired) electrons. The molecule has 1 rings (SSSR count). The van der Waals surface area contributed by atoms with Crippen LogP contribution in [0.2, 0.25) is 0 Å². The first-order chi connectivity index (χ1) is 7.41. The van der Waals surface area contributed by atoms with Crippen molar-refractivity contribution in [2.24, 2.45) is 5.41 Å². The van der Waals surface area contributed by atoms with Crippen LogP contribution < -0.4 is 0 Å². The molecule has 0 aromatic heterocycles. The first-order valence-corrected chi connectivity index (χ1v) is 5.94. The normalized spacial score (nSPS) is 19.2. The van der Waals surface area contributed by atoms with Gasteiger partial charge in [-0.1, -0.05) is 20.4 Å². The van der Waals surface area contributed by atoms with E-state index < -0.39 is 0 Å². The molecule has 0 aliphatic heterocycles. The van der Waals surface area contributed by atoms with Crippen molar-refractivity contribution in [1.29, 1.82) is 5.26 Å². The Morgan fingerprint density at radius 3 is 2.69 bits per heavy atom. The fourth-order valence-electron chi connectivity index (χ4n) is 2.20. The molecule has 0 saturated heterocycles. The summed E-state index contributed by atoms with van der Waals surface area (Å²) >= 11 is 0. The van der Waals surface area contributed by atoms with Crippen LogP contribution in [-0.2, 0) is 0 Å². The molecule has 0 fully saturated rings. The summed E-state index contributed by atoms with van der Waals surface area (Å²) in [5, 5.41) is 8.99. The standard InChI is InChI=1S/C14H22N2/c1-6-16(5)13-9-14(3,4)8-7-12(13)11(2)10-15/h2,6-9H2,1,3-5H3. The molecule has 2 nitrogen and oxygen atoms in total. The Morgan fingerprint density at radius 2 is 2.19 bits per heavy atom. The second kappa shape index (κ2) is 4.74. The quantitative estimate of drug-likeness (QED) is 0.678. The molecule has 0 aromatic carbocycles. The Kier molecular flexibility index (Phi) is 3.80. The molecule has 0 bridgehead atoms. The maximum atomic E-state index is 8.99. The van der Waals surface area contributed by atoms with Crippen LogP contribution in [0.5, 0.6) is 0 Å². The lowest BCUT2D eigenvalue weighted by Crippen LogP contribution is -2.28. The smallest absolute Gasteiger partial charge is 0.0988 e. The van der Waals surface area contributed by atoms with Crippen molar-refractivity contribution in [2.75, 3.05) is 13.6 Å². The van der Waals surface area contributed by atoms with Gasteiger partial charge in [0.2, 0.25) is 0 Å². The van der Waals surface area contributed by atoms with Gasteiger partial charge in [-0.3, -0.25) is 0 Å². The monoisotopic (exact) mass is 218 g/mol. The Morgan fingerprint density at radius 1 is 1.56 bits per heavy atom. The van der Waals surface area contributed by atoms with Gasteiger partial charge < -0.3 is 4.90 Å². The molecule has 0 heterocycles. The van der Waals surface area contributed by atoms with Crippen molar-refractivity contribution >= 4 is 0 Å². The highest BCUT2D eigenvalue weighted by Gasteiger charge is 2.29. The topological polar surface area (TPSA) is 27.0 Å². The van der Waals surface area contributed by atoms with Crippen LogP contribution in [0.15, 0.2) is 23.4 Å². The zero-order chi connectivity index (χ0) is 12.3. The van der Waals surface area contributed by atoms with Gasteiger partial charge in [0.05, 0.1) is 6.07 Å². The van der Waals surface area contributed by atoms with E-state index in [1.54, 1.807) is 0 Å². The average molecular weight is 218 g/mol. The molecule has 0 aromatic rings. The highest BCUT2D eigenvalue weighted by atomic mass is 15.1. The Labute approximate surface area is 99.3 Å². The van der Waals surface area contributed by atoms with Crippen LogP contribution in [0, 0.1) is 16.7 Å². The van der Waals surface area contributed by atoms with Crippen LogP contribution >= 0.6 is 0 Å². The summed E-state index contributed by atoms with van der Waals surface area (Å²) in [5.74, 6) is 0. The van der Waals surface area contributed by atoms with Gasteiger partial charge in [0.1, 0.15) is 0 Å². The van der Waals surface area contributed by atoms with Gasteiger partial charge in [0.25, 0.3) is 0 Å². The van der Waals surface area contributed by atoms with Crippen molar-refractivity contribution in [3.8, 4) is 6.07 Å². The summed E-state index contributed by atoms with van der Waals surface area (Å²) in [7, 11) is 2.10. The highest BCUT2D eigenvalue weighted by molar-refractivity contribution is 5.43. The van der Waals surface area contributed by atoms with Gasteiger partial charge in [-0.15, -0.1) is 0 Å². The second-order valence-electron chi connectivity index (χ2n) is 5.37. The van der Waals surface area contributed by atoms with Gasteiger partial charge in [0.15, 0.2) is 0 Å². The van der Waals surface area contributed by atoms with E-state index in [4.69, 9.17) is 5.26 Å². The number of hydrogen-bond donors (Lipinski definition) is 0. The minimum absolute atomic E-state index is 0.345. The Hall–Kier alpha value is -1.23. The third-order valence-electron chi connectivity index (χ3n) is 3.48. The summed E-state index contributed by atoms with van der Waals surface area (Å²) in [5.41, 5.74) is 3.47. The van der Waals surface area contributed by atoms with E-state index in [1.807, 2.05) is 0 Å². The maximum Gasteiger partial charge on any atom is 0.0988 e. The van der Waals surface area contributed by atoms with Gasteiger partial charge in [-0.25, -0.2) is 0 Å². The van der Waals surface area contributed by atoms with Gasteiger partial charge in [-0.05, 0) is 37.2 Å². The predicted molar refractivity (Wildman–Crippen MR) is 67.7 cm³/mol. The lowest BCUT2D eigenvalue weighted by Gasteiger charge is -2.37. The lowest BCUT2D eigenvalue weighted by molar-refractivity contribution is 0.266. The number of nitrogens with zero attached hydrogens (tertiary/aromatic N) is 2. The van der Waals surface area contributed by atoms with E-state index in [2.05, 4.69) is 45.4 Å². The number of hydrogen-bond acceptors (Lipinski definition) is 2. The van der Waals surface area contributed by atoms with Gasteiger partial charge in [-0.2, -0.15) is 5.26 Å². The number of nitriles is 1. The summed E-state index contributed by atoms with van der Waals surface area (Å²) in [6, 6.07) is 2.19. The van der Waals surface area contributed by atoms with Crippen molar-refractivity contribution < 1.29 is 0 Å². The largest absolute Gasteiger partial charge is 0.378 e. The molecule has 1 aliphatic rings. The molecule has 1 aliphatic carbocycles. The number of allylic oxidation sites excluding steroid dienone is 3. The van der Waals surface area contributed by atoms with E-state index in [-0.39, 0.29) is 0 Å². The zero-order valence-electron chi connectivity index (χ0n) is 10.9. The van der Waals surface area contributed by atoms with E-state index in [1.165, 1.54) is 11.3 Å². The van der Waals surface area contributed by atoms with Gasteiger partial charge in [0, 0.05) is 24.9 Å². The SMILES string of the molecule is C=C(C#N)C1=C(N(C)CC)CC(C)(C)CC1. The summed E-state index contributed by atoms with van der Waals surface area (Å²) in [6.07, 6.45) is 3.18. The van der Waals surface area contributed by atoms with Gasteiger partial charge >= 0.3 is 0 Å². The van der Waals surface area contributed by atoms with Crippen molar-refractivity contribution in [2.45, 2.75) is 40.0 Å². The Balaban J connectivity index is 3.10. The first kappa shape index (κ1) is 12.8. The molecule has 0 saturated carbocycles.